The first-order valence-electron chi connectivity index (χ1n) is 15.3. The number of aliphatic hydroxyl groups excluding tert-OH is 1. The van der Waals surface area contributed by atoms with Crippen LogP contribution >= 0.6 is 0 Å². The van der Waals surface area contributed by atoms with Gasteiger partial charge in [-0.05, 0) is 75.6 Å². The summed E-state index contributed by atoms with van der Waals surface area (Å²) in [4.78, 5) is 33.8. The van der Waals surface area contributed by atoms with E-state index >= 15 is 0 Å². The minimum atomic E-state index is -1.74. The van der Waals surface area contributed by atoms with E-state index in [1.165, 1.54) is 0 Å². The van der Waals surface area contributed by atoms with Crippen molar-refractivity contribution >= 4 is 11.8 Å². The quantitative estimate of drug-likeness (QED) is 0.190. The number of halogens is 2. The molecule has 1 aliphatic carbocycles. The first kappa shape index (κ1) is 34.3. The maximum atomic E-state index is 14.4. The van der Waals surface area contributed by atoms with Gasteiger partial charge in [-0.25, -0.2) is 8.78 Å². The molecule has 1 aromatic carbocycles. The molecule has 1 aliphatic rings. The maximum absolute atomic E-state index is 14.4. The van der Waals surface area contributed by atoms with Crippen LogP contribution in [0.5, 0.6) is 0 Å². The van der Waals surface area contributed by atoms with Gasteiger partial charge in [0.15, 0.2) is 5.82 Å². The number of carbonyl (C=O) groups is 2. The van der Waals surface area contributed by atoms with Gasteiger partial charge in [-0.15, -0.1) is 0 Å². The average molecular weight is 604 g/mol. The first-order chi connectivity index (χ1) is 20.4. The minimum Gasteiger partial charge on any atom is -0.391 e. The second kappa shape index (κ2) is 15.0. The van der Waals surface area contributed by atoms with Crippen LogP contribution in [0, 0.1) is 28.4 Å². The third-order valence-corrected chi connectivity index (χ3v) is 8.04. The van der Waals surface area contributed by atoms with E-state index in [1.807, 2.05) is 13.8 Å². The van der Waals surface area contributed by atoms with E-state index < -0.39 is 34.5 Å². The fourth-order valence-corrected chi connectivity index (χ4v) is 6.38. The molecule has 0 saturated carbocycles. The summed E-state index contributed by atoms with van der Waals surface area (Å²) in [6, 6.07) is 2.99. The molecule has 11 heteroatoms. The summed E-state index contributed by atoms with van der Waals surface area (Å²) in [5.41, 5.74) is 3.73. The Hall–Kier alpha value is -3.18. The Morgan fingerprint density at radius 3 is 2.42 bits per heavy atom. The van der Waals surface area contributed by atoms with Gasteiger partial charge in [-0.3, -0.25) is 9.59 Å². The van der Waals surface area contributed by atoms with Crippen LogP contribution in [-0.2, 0) is 29.0 Å². The summed E-state index contributed by atoms with van der Waals surface area (Å²) in [7, 11) is 0. The average Bonchev–Trinajstić information content (AvgIpc) is 3.36. The van der Waals surface area contributed by atoms with E-state index in [9.17, 15) is 23.5 Å². The van der Waals surface area contributed by atoms with Crippen LogP contribution in [0.15, 0.2) is 34.4 Å². The Bertz CT molecular complexity index is 1260. The third kappa shape index (κ3) is 8.26. The van der Waals surface area contributed by atoms with Gasteiger partial charge < -0.3 is 25.6 Å². The number of amides is 2. The second-order valence-corrected chi connectivity index (χ2v) is 12.4. The van der Waals surface area contributed by atoms with Crippen molar-refractivity contribution in [3.63, 3.8) is 0 Å². The number of hydrogen-bond donors (Lipinski definition) is 3. The van der Waals surface area contributed by atoms with E-state index in [4.69, 9.17) is 10.3 Å². The van der Waals surface area contributed by atoms with Crippen LogP contribution in [0.2, 0.25) is 0 Å². The zero-order valence-electron chi connectivity index (χ0n) is 26.1. The summed E-state index contributed by atoms with van der Waals surface area (Å²) in [6.45, 7) is 11.7. The van der Waals surface area contributed by atoms with Crippen LogP contribution in [-0.4, -0.2) is 57.7 Å². The summed E-state index contributed by atoms with van der Waals surface area (Å²) in [6.07, 6.45) is 2.94. The van der Waals surface area contributed by atoms with Gasteiger partial charge in [0.1, 0.15) is 11.6 Å². The van der Waals surface area contributed by atoms with Gasteiger partial charge in [0.05, 0.1) is 23.5 Å². The van der Waals surface area contributed by atoms with E-state index in [0.29, 0.717) is 55.8 Å². The van der Waals surface area contributed by atoms with Crippen LogP contribution < -0.4 is 11.1 Å². The molecule has 2 amide bonds. The highest BCUT2D eigenvalue weighted by atomic mass is 19.1. The molecule has 1 aromatic heterocycles. The summed E-state index contributed by atoms with van der Waals surface area (Å²) in [5.74, 6) is -1.19. The molecule has 0 spiro atoms. The molecule has 0 bridgehead atoms. The molecule has 9 nitrogen and oxygen atoms in total. The summed E-state index contributed by atoms with van der Waals surface area (Å²) in [5, 5.41) is 19.4. The van der Waals surface area contributed by atoms with Gasteiger partial charge in [-0.2, -0.15) is 4.98 Å². The molecule has 1 heterocycles. The lowest BCUT2D eigenvalue weighted by Gasteiger charge is -2.50. The Morgan fingerprint density at radius 1 is 1.19 bits per heavy atom. The SMILES string of the molecule is CCCN(CCC)C(=O)C1(CCCNCc2nc(CC(C)C)no2)CC(C)=C[C@](Cc2cc(F)cc(F)c2)(C(N)=O)[C@@H]1O. The monoisotopic (exact) mass is 603 g/mol. The zero-order chi connectivity index (χ0) is 31.8. The smallest absolute Gasteiger partial charge is 0.240 e. The predicted octanol–water partition coefficient (Wildman–Crippen LogP) is 4.48. The van der Waals surface area contributed by atoms with Gasteiger partial charge in [0, 0.05) is 25.6 Å². The number of primary amides is 1. The van der Waals surface area contributed by atoms with Crippen molar-refractivity contribution in [1.82, 2.24) is 20.4 Å². The lowest BCUT2D eigenvalue weighted by Crippen LogP contribution is -2.62. The maximum Gasteiger partial charge on any atom is 0.240 e. The van der Waals surface area contributed by atoms with Crippen molar-refractivity contribution in [1.29, 1.82) is 0 Å². The molecule has 0 saturated heterocycles. The van der Waals surface area contributed by atoms with E-state index in [0.717, 1.165) is 37.5 Å². The molecule has 43 heavy (non-hydrogen) atoms. The van der Waals surface area contributed by atoms with Crippen molar-refractivity contribution in [2.24, 2.45) is 22.5 Å². The number of hydrogen-bond acceptors (Lipinski definition) is 7. The van der Waals surface area contributed by atoms with Crippen molar-refractivity contribution in [2.75, 3.05) is 19.6 Å². The highest BCUT2D eigenvalue weighted by Gasteiger charge is 2.59. The van der Waals surface area contributed by atoms with Crippen LogP contribution in [0.3, 0.4) is 0 Å². The molecule has 0 radical (unpaired) electrons. The predicted molar refractivity (Wildman–Crippen MR) is 159 cm³/mol. The van der Waals surface area contributed by atoms with Gasteiger partial charge in [0.25, 0.3) is 0 Å². The summed E-state index contributed by atoms with van der Waals surface area (Å²) >= 11 is 0. The van der Waals surface area contributed by atoms with Crippen LogP contribution in [0.1, 0.15) is 84.0 Å². The number of aromatic nitrogens is 2. The number of nitrogens with two attached hydrogens (primary N) is 1. The number of benzene rings is 1. The number of carbonyl (C=O) groups excluding carboxylic acids is 2. The molecule has 238 valence electrons. The number of aliphatic hydroxyl groups is 1. The topological polar surface area (TPSA) is 135 Å². The number of nitrogens with one attached hydrogen (secondary N) is 1. The summed E-state index contributed by atoms with van der Waals surface area (Å²) < 4.78 is 33.6. The number of allylic oxidation sites excluding steroid dienone is 1. The van der Waals surface area contributed by atoms with Gasteiger partial charge in [0.2, 0.25) is 17.7 Å². The van der Waals surface area contributed by atoms with Crippen LogP contribution in [0.4, 0.5) is 8.78 Å². The molecule has 4 N–H and O–H groups in total. The van der Waals surface area contributed by atoms with Crippen molar-refractivity contribution in [3.8, 4) is 0 Å². The van der Waals surface area contributed by atoms with Crippen LogP contribution in [0.25, 0.3) is 0 Å². The largest absolute Gasteiger partial charge is 0.391 e. The molecule has 3 atom stereocenters. The fraction of sp³-hybridized carbons (Fsp3) is 0.625. The Morgan fingerprint density at radius 2 is 1.84 bits per heavy atom. The minimum absolute atomic E-state index is 0.166. The highest BCUT2D eigenvalue weighted by molar-refractivity contribution is 5.90. The van der Waals surface area contributed by atoms with Gasteiger partial charge in [-0.1, -0.05) is 44.5 Å². The second-order valence-electron chi connectivity index (χ2n) is 12.4. The van der Waals surface area contributed by atoms with Crippen molar-refractivity contribution < 1.29 is 28.0 Å². The van der Waals surface area contributed by atoms with E-state index in [-0.39, 0.29) is 30.7 Å². The van der Waals surface area contributed by atoms with E-state index in [2.05, 4.69) is 29.3 Å². The molecular weight excluding hydrogens is 556 g/mol. The Kier molecular flexibility index (Phi) is 12.0. The fourth-order valence-electron chi connectivity index (χ4n) is 6.38. The molecule has 2 aromatic rings. The van der Waals surface area contributed by atoms with Gasteiger partial charge >= 0.3 is 0 Å². The molecule has 0 fully saturated rings. The zero-order valence-corrected chi connectivity index (χ0v) is 26.1. The molecule has 3 rings (SSSR count). The first-order valence-corrected chi connectivity index (χ1v) is 15.3. The molecular formula is C32H47F2N5O4. The van der Waals surface area contributed by atoms with Crippen molar-refractivity contribution in [3.05, 3.63) is 58.8 Å². The molecule has 0 aliphatic heterocycles. The Balaban J connectivity index is 1.92. The Labute approximate surface area is 253 Å². The third-order valence-electron chi connectivity index (χ3n) is 8.04. The number of nitrogens with zero attached hydrogens (tertiary/aromatic N) is 3. The standard InChI is InChI=1S/C32H47F2N5O4/c1-6-11-39(12-7-2)30(42)31(9-8-10-36-20-27-37-26(38-43-27)13-21(3)4)17-22(5)18-32(28(31)40,29(35)41)19-23-14-24(33)16-25(34)15-23/h14-16,18,21,28,36,40H,6-13,17,19-20H2,1-5H3,(H2,35,41)/t28-,31?,32-/m1/s1. The number of rotatable bonds is 16. The normalized spacial score (nSPS) is 22.1. The molecule has 1 unspecified atom stereocenters. The van der Waals surface area contributed by atoms with E-state index in [1.54, 1.807) is 17.9 Å². The lowest BCUT2D eigenvalue weighted by atomic mass is 9.57. The lowest BCUT2D eigenvalue weighted by molar-refractivity contribution is -0.162. The highest BCUT2D eigenvalue weighted by Crippen LogP contribution is 2.51. The van der Waals surface area contributed by atoms with Crippen molar-refractivity contribution in [2.45, 2.75) is 92.2 Å².